The van der Waals surface area contributed by atoms with Crippen molar-refractivity contribution >= 4 is 11.6 Å². The van der Waals surface area contributed by atoms with Crippen LogP contribution in [0.15, 0.2) is 41.0 Å². The zero-order valence-electron chi connectivity index (χ0n) is 12.1. The Bertz CT molecular complexity index is 633. The molecule has 1 unspecified atom stereocenters. The molecule has 21 heavy (non-hydrogen) atoms. The Labute approximate surface area is 124 Å². The topological polar surface area (TPSA) is 53.7 Å². The lowest BCUT2D eigenvalue weighted by Gasteiger charge is -2.22. The van der Waals surface area contributed by atoms with Gasteiger partial charge in [-0.3, -0.25) is 4.79 Å². The third-order valence-corrected chi connectivity index (χ3v) is 3.98. The molecule has 0 bridgehead atoms. The second-order valence-electron chi connectivity index (χ2n) is 5.30. The molecule has 2 heterocycles. The van der Waals surface area contributed by atoms with Crippen molar-refractivity contribution in [3.8, 4) is 0 Å². The zero-order chi connectivity index (χ0) is 14.8. The van der Waals surface area contributed by atoms with Gasteiger partial charge in [-0.05, 0) is 49.1 Å². The van der Waals surface area contributed by atoms with E-state index in [4.69, 9.17) is 4.42 Å². The number of carbonyl (C=O) groups excluding carboxylic acids is 1. The summed E-state index contributed by atoms with van der Waals surface area (Å²) in [5, 5.41) is 10.4. The number of hydrogen-bond acceptors (Lipinski definition) is 3. The van der Waals surface area contributed by atoms with Gasteiger partial charge < -0.3 is 14.4 Å². The van der Waals surface area contributed by atoms with Crippen LogP contribution in [0.4, 0.5) is 5.69 Å². The Morgan fingerprint density at radius 3 is 2.90 bits per heavy atom. The zero-order valence-corrected chi connectivity index (χ0v) is 12.1. The lowest BCUT2D eigenvalue weighted by atomic mass is 10.00. The minimum atomic E-state index is -0.765. The van der Waals surface area contributed by atoms with E-state index in [0.29, 0.717) is 18.7 Å². The summed E-state index contributed by atoms with van der Waals surface area (Å²) in [4.78, 5) is 13.9. The van der Waals surface area contributed by atoms with Crippen LogP contribution in [-0.2, 0) is 11.2 Å². The third-order valence-electron chi connectivity index (χ3n) is 3.98. The number of rotatable bonds is 3. The van der Waals surface area contributed by atoms with Crippen molar-refractivity contribution in [2.75, 3.05) is 11.4 Å². The molecule has 110 valence electrons. The minimum Gasteiger partial charge on any atom is -0.466 e. The maximum Gasteiger partial charge on any atom is 0.226 e. The van der Waals surface area contributed by atoms with Crippen molar-refractivity contribution in [3.63, 3.8) is 0 Å². The van der Waals surface area contributed by atoms with Crippen LogP contribution in [0.3, 0.4) is 0 Å². The molecule has 1 aromatic heterocycles. The van der Waals surface area contributed by atoms with Crippen molar-refractivity contribution < 1.29 is 14.3 Å². The number of furan rings is 1. The summed E-state index contributed by atoms with van der Waals surface area (Å²) in [6, 6.07) is 9.32. The maximum absolute atomic E-state index is 12.1. The summed E-state index contributed by atoms with van der Waals surface area (Å²) in [5.41, 5.74) is 2.88. The molecular weight excluding hydrogens is 266 g/mol. The average Bonchev–Trinajstić information content (AvgIpc) is 2.97. The summed E-state index contributed by atoms with van der Waals surface area (Å²) in [5.74, 6) is 0.711. The highest BCUT2D eigenvalue weighted by Crippen LogP contribution is 2.31. The smallest absolute Gasteiger partial charge is 0.226 e. The van der Waals surface area contributed by atoms with E-state index in [2.05, 4.69) is 0 Å². The molecule has 3 rings (SSSR count). The first-order valence-electron chi connectivity index (χ1n) is 7.35. The molecule has 0 aliphatic carbocycles. The molecule has 4 nitrogen and oxygen atoms in total. The van der Waals surface area contributed by atoms with Gasteiger partial charge in [-0.2, -0.15) is 0 Å². The van der Waals surface area contributed by atoms with E-state index in [0.717, 1.165) is 29.7 Å². The fraction of sp³-hybridized carbons (Fsp3) is 0.353. The van der Waals surface area contributed by atoms with Crippen molar-refractivity contribution in [3.05, 3.63) is 53.5 Å². The minimum absolute atomic E-state index is 0.176. The fourth-order valence-electron chi connectivity index (χ4n) is 2.90. The largest absolute Gasteiger partial charge is 0.466 e. The van der Waals surface area contributed by atoms with E-state index in [1.54, 1.807) is 18.4 Å². The van der Waals surface area contributed by atoms with Crippen LogP contribution in [0.1, 0.15) is 42.8 Å². The molecule has 0 spiro atoms. The van der Waals surface area contributed by atoms with Crippen LogP contribution >= 0.6 is 0 Å². The first kappa shape index (κ1) is 13.9. The molecule has 0 radical (unpaired) electrons. The van der Waals surface area contributed by atoms with Gasteiger partial charge in [0.05, 0.1) is 6.26 Å². The van der Waals surface area contributed by atoms with Crippen LogP contribution in [-0.4, -0.2) is 17.6 Å². The van der Waals surface area contributed by atoms with Gasteiger partial charge in [0.1, 0.15) is 11.9 Å². The van der Waals surface area contributed by atoms with Gasteiger partial charge in [0.2, 0.25) is 5.91 Å². The van der Waals surface area contributed by atoms with Crippen LogP contribution in [0, 0.1) is 0 Å². The second kappa shape index (κ2) is 5.74. The number of aliphatic hydroxyl groups excluding tert-OH is 1. The van der Waals surface area contributed by atoms with E-state index < -0.39 is 6.10 Å². The number of benzene rings is 1. The van der Waals surface area contributed by atoms with Crippen LogP contribution in [0.25, 0.3) is 0 Å². The molecule has 1 aromatic carbocycles. The van der Waals surface area contributed by atoms with Gasteiger partial charge in [0.25, 0.3) is 0 Å². The van der Waals surface area contributed by atoms with Gasteiger partial charge >= 0.3 is 0 Å². The highest BCUT2D eigenvalue weighted by Gasteiger charge is 2.22. The van der Waals surface area contributed by atoms with Gasteiger partial charge in [0.15, 0.2) is 0 Å². The van der Waals surface area contributed by atoms with Gasteiger partial charge in [0, 0.05) is 18.7 Å². The summed E-state index contributed by atoms with van der Waals surface area (Å²) in [6.07, 6.45) is 3.08. The van der Waals surface area contributed by atoms with E-state index >= 15 is 0 Å². The van der Waals surface area contributed by atoms with Crippen molar-refractivity contribution in [1.29, 1.82) is 0 Å². The summed E-state index contributed by atoms with van der Waals surface area (Å²) in [7, 11) is 0. The molecule has 1 atom stereocenters. The van der Waals surface area contributed by atoms with E-state index in [-0.39, 0.29) is 5.91 Å². The number of aryl methyl sites for hydroxylation is 1. The van der Waals surface area contributed by atoms with Crippen LogP contribution < -0.4 is 4.90 Å². The molecule has 0 fully saturated rings. The number of amides is 1. The van der Waals surface area contributed by atoms with Crippen LogP contribution in [0.5, 0.6) is 0 Å². The summed E-state index contributed by atoms with van der Waals surface area (Å²) >= 11 is 0. The molecule has 1 aliphatic heterocycles. The van der Waals surface area contributed by atoms with E-state index in [9.17, 15) is 9.90 Å². The third kappa shape index (κ3) is 2.59. The van der Waals surface area contributed by atoms with Gasteiger partial charge in [-0.15, -0.1) is 0 Å². The Morgan fingerprint density at radius 1 is 1.33 bits per heavy atom. The molecular formula is C17H19NO3. The molecule has 1 aliphatic rings. The second-order valence-corrected chi connectivity index (χ2v) is 5.30. The lowest BCUT2D eigenvalue weighted by molar-refractivity contribution is -0.118. The number of nitrogens with zero attached hydrogens (tertiary/aromatic N) is 1. The number of carbonyl (C=O) groups is 1. The average molecular weight is 285 g/mol. The van der Waals surface area contributed by atoms with Crippen LogP contribution in [0.2, 0.25) is 0 Å². The highest BCUT2D eigenvalue weighted by atomic mass is 16.4. The Kier molecular flexibility index (Phi) is 3.80. The number of anilines is 1. The van der Waals surface area contributed by atoms with Crippen molar-refractivity contribution in [2.24, 2.45) is 0 Å². The van der Waals surface area contributed by atoms with Crippen molar-refractivity contribution in [2.45, 2.75) is 32.3 Å². The first-order valence-corrected chi connectivity index (χ1v) is 7.35. The quantitative estimate of drug-likeness (QED) is 0.943. The number of fused-ring (bicyclic) bond motifs is 1. The predicted octanol–water partition coefficient (Wildman–Crippen LogP) is 3.05. The fourth-order valence-corrected chi connectivity index (χ4v) is 2.90. The molecule has 0 saturated heterocycles. The SMILES string of the molecule is CCN1C(=O)CCCc2cc(C(O)c3ccco3)ccc21. The van der Waals surface area contributed by atoms with Gasteiger partial charge in [-0.25, -0.2) is 0 Å². The molecule has 1 N–H and O–H groups in total. The molecule has 4 heteroatoms. The summed E-state index contributed by atoms with van der Waals surface area (Å²) < 4.78 is 5.26. The molecule has 2 aromatic rings. The number of hydrogen-bond donors (Lipinski definition) is 1. The normalized spacial score (nSPS) is 16.5. The van der Waals surface area contributed by atoms with Gasteiger partial charge in [-0.1, -0.05) is 12.1 Å². The standard InChI is InChI=1S/C17H19NO3/c1-2-18-14-9-8-13(17(20)15-6-4-10-21-15)11-12(14)5-3-7-16(18)19/h4,6,8-11,17,20H,2-3,5,7H2,1H3. The Hall–Kier alpha value is -2.07. The Balaban J connectivity index is 1.97. The number of aliphatic hydroxyl groups is 1. The first-order chi connectivity index (χ1) is 10.2. The Morgan fingerprint density at radius 2 is 2.19 bits per heavy atom. The highest BCUT2D eigenvalue weighted by molar-refractivity contribution is 5.94. The lowest BCUT2D eigenvalue weighted by Crippen LogP contribution is -2.29. The van der Waals surface area contributed by atoms with E-state index in [1.165, 1.54) is 0 Å². The monoisotopic (exact) mass is 285 g/mol. The molecule has 0 saturated carbocycles. The van der Waals surface area contributed by atoms with E-state index in [1.807, 2.05) is 30.0 Å². The van der Waals surface area contributed by atoms with Crippen molar-refractivity contribution in [1.82, 2.24) is 0 Å². The molecule has 1 amide bonds. The maximum atomic E-state index is 12.1. The summed E-state index contributed by atoms with van der Waals surface area (Å²) in [6.45, 7) is 2.66. The predicted molar refractivity (Wildman–Crippen MR) is 80.2 cm³/mol.